The molecule has 0 aromatic carbocycles. The Labute approximate surface area is 93.3 Å². The lowest BCUT2D eigenvalue weighted by Crippen LogP contribution is -2.06. The Balaban J connectivity index is 1.95. The Hall–Kier alpha value is -1.09. The van der Waals surface area contributed by atoms with Crippen molar-refractivity contribution in [3.63, 3.8) is 0 Å². The Morgan fingerprint density at radius 1 is 1.47 bits per heavy atom. The Kier molecular flexibility index (Phi) is 3.21. The van der Waals surface area contributed by atoms with Crippen molar-refractivity contribution in [2.75, 3.05) is 0 Å². The van der Waals surface area contributed by atoms with Crippen molar-refractivity contribution < 1.29 is 9.90 Å². The van der Waals surface area contributed by atoms with Crippen molar-refractivity contribution in [1.82, 2.24) is 0 Å². The van der Waals surface area contributed by atoms with Crippen molar-refractivity contribution in [1.29, 1.82) is 0 Å². The first kappa shape index (κ1) is 10.4. The molecule has 1 fully saturated rings. The van der Waals surface area contributed by atoms with E-state index in [0.717, 1.165) is 31.3 Å². The van der Waals surface area contributed by atoms with E-state index in [2.05, 4.69) is 17.5 Å². The molecule has 0 aliphatic heterocycles. The van der Waals surface area contributed by atoms with Gasteiger partial charge in [-0.3, -0.25) is 0 Å². The van der Waals surface area contributed by atoms with Gasteiger partial charge in [0.15, 0.2) is 0 Å². The highest BCUT2D eigenvalue weighted by molar-refractivity contribution is 7.10. The summed E-state index contributed by atoms with van der Waals surface area (Å²) < 4.78 is 0. The van der Waals surface area contributed by atoms with Gasteiger partial charge in [-0.15, -0.1) is 11.3 Å². The molecule has 2 nitrogen and oxygen atoms in total. The number of thiophene rings is 1. The zero-order chi connectivity index (χ0) is 10.7. The number of carboxylic acids is 1. The zero-order valence-corrected chi connectivity index (χ0v) is 9.30. The molecule has 0 amide bonds. The van der Waals surface area contributed by atoms with Crippen LogP contribution in [0, 0.1) is 0 Å². The van der Waals surface area contributed by atoms with Crippen LogP contribution in [0.2, 0.25) is 0 Å². The fourth-order valence-corrected chi connectivity index (χ4v) is 3.02. The van der Waals surface area contributed by atoms with Gasteiger partial charge < -0.3 is 5.11 Å². The number of rotatable bonds is 2. The number of allylic oxidation sites excluding steroid dienone is 1. The summed E-state index contributed by atoms with van der Waals surface area (Å²) in [6.07, 6.45) is 5.45. The molecule has 0 atom stereocenters. The van der Waals surface area contributed by atoms with Crippen LogP contribution in [0.25, 0.3) is 0 Å². The lowest BCUT2D eigenvalue weighted by molar-refractivity contribution is -0.131. The fraction of sp³-hybridized carbons (Fsp3) is 0.417. The SMILES string of the molecule is O=C(O)C=C1CCC(c2cccs2)CC1. The third kappa shape index (κ3) is 2.69. The largest absolute Gasteiger partial charge is 0.478 e. The van der Waals surface area contributed by atoms with E-state index >= 15 is 0 Å². The van der Waals surface area contributed by atoms with E-state index in [9.17, 15) is 4.79 Å². The summed E-state index contributed by atoms with van der Waals surface area (Å²) >= 11 is 1.81. The van der Waals surface area contributed by atoms with Crippen molar-refractivity contribution in [3.8, 4) is 0 Å². The normalized spacial score (nSPS) is 21.3. The first-order chi connectivity index (χ1) is 7.25. The van der Waals surface area contributed by atoms with Gasteiger partial charge in [-0.2, -0.15) is 0 Å². The highest BCUT2D eigenvalue weighted by Gasteiger charge is 2.19. The predicted octanol–water partition coefficient (Wildman–Crippen LogP) is 3.42. The molecular formula is C12H14O2S. The summed E-state index contributed by atoms with van der Waals surface area (Å²) in [5.74, 6) is -0.157. The van der Waals surface area contributed by atoms with E-state index < -0.39 is 5.97 Å². The number of aliphatic carboxylic acids is 1. The van der Waals surface area contributed by atoms with Crippen molar-refractivity contribution in [2.45, 2.75) is 31.6 Å². The summed E-state index contributed by atoms with van der Waals surface area (Å²) in [7, 11) is 0. The maximum atomic E-state index is 10.5. The molecule has 2 rings (SSSR count). The molecule has 1 heterocycles. The second-order valence-corrected chi connectivity index (χ2v) is 4.91. The van der Waals surface area contributed by atoms with Crippen LogP contribution in [-0.4, -0.2) is 11.1 Å². The van der Waals surface area contributed by atoms with E-state index in [4.69, 9.17) is 5.11 Å². The zero-order valence-electron chi connectivity index (χ0n) is 8.48. The highest BCUT2D eigenvalue weighted by atomic mass is 32.1. The molecule has 0 spiro atoms. The summed E-state index contributed by atoms with van der Waals surface area (Å²) in [6.45, 7) is 0. The molecule has 1 aliphatic rings. The molecule has 1 aromatic heterocycles. The quantitative estimate of drug-likeness (QED) is 0.778. The van der Waals surface area contributed by atoms with Gasteiger partial charge in [0.25, 0.3) is 0 Å². The second-order valence-electron chi connectivity index (χ2n) is 3.93. The van der Waals surface area contributed by atoms with Gasteiger partial charge in [-0.25, -0.2) is 4.79 Å². The van der Waals surface area contributed by atoms with E-state index in [1.165, 1.54) is 11.0 Å². The van der Waals surface area contributed by atoms with Gasteiger partial charge in [0.05, 0.1) is 0 Å². The lowest BCUT2D eigenvalue weighted by Gasteiger charge is -2.22. The van der Waals surface area contributed by atoms with Crippen LogP contribution >= 0.6 is 11.3 Å². The van der Waals surface area contributed by atoms with E-state index in [1.807, 2.05) is 11.3 Å². The minimum Gasteiger partial charge on any atom is -0.478 e. The number of hydrogen-bond acceptors (Lipinski definition) is 2. The van der Waals surface area contributed by atoms with Crippen molar-refractivity contribution in [2.24, 2.45) is 0 Å². The van der Waals surface area contributed by atoms with Crippen LogP contribution in [0.1, 0.15) is 36.5 Å². The molecule has 1 N–H and O–H groups in total. The second kappa shape index (κ2) is 4.62. The van der Waals surface area contributed by atoms with E-state index in [0.29, 0.717) is 5.92 Å². The molecule has 80 valence electrons. The summed E-state index contributed by atoms with van der Waals surface area (Å²) in [5, 5.41) is 10.8. The molecule has 1 saturated carbocycles. The highest BCUT2D eigenvalue weighted by Crippen LogP contribution is 2.37. The average molecular weight is 222 g/mol. The minimum atomic E-state index is -0.806. The molecule has 0 saturated heterocycles. The molecular weight excluding hydrogens is 208 g/mol. The van der Waals surface area contributed by atoms with Gasteiger partial charge in [0.1, 0.15) is 0 Å². The molecule has 3 heteroatoms. The minimum absolute atomic E-state index is 0.649. The van der Waals surface area contributed by atoms with E-state index in [-0.39, 0.29) is 0 Å². The molecule has 1 aliphatic carbocycles. The Bertz CT molecular complexity index is 355. The molecule has 0 radical (unpaired) electrons. The Morgan fingerprint density at radius 2 is 2.20 bits per heavy atom. The first-order valence-electron chi connectivity index (χ1n) is 5.21. The lowest BCUT2D eigenvalue weighted by atomic mass is 9.85. The fourth-order valence-electron chi connectivity index (χ4n) is 2.12. The number of carboxylic acid groups (broad SMARTS) is 1. The topological polar surface area (TPSA) is 37.3 Å². The maximum Gasteiger partial charge on any atom is 0.328 e. The standard InChI is InChI=1S/C12H14O2S/c13-12(14)8-9-3-5-10(6-4-9)11-2-1-7-15-11/h1-2,7-8,10H,3-6H2,(H,13,14). The molecule has 0 unspecified atom stereocenters. The molecule has 0 bridgehead atoms. The third-order valence-electron chi connectivity index (χ3n) is 2.90. The van der Waals surface area contributed by atoms with Crippen LogP contribution in [0.15, 0.2) is 29.2 Å². The van der Waals surface area contributed by atoms with Crippen LogP contribution in [0.5, 0.6) is 0 Å². The predicted molar refractivity (Wildman–Crippen MR) is 61.2 cm³/mol. The van der Waals surface area contributed by atoms with Gasteiger partial charge >= 0.3 is 5.97 Å². The summed E-state index contributed by atoms with van der Waals surface area (Å²) in [6, 6.07) is 4.27. The van der Waals surface area contributed by atoms with Crippen molar-refractivity contribution in [3.05, 3.63) is 34.0 Å². The van der Waals surface area contributed by atoms with Gasteiger partial charge in [0.2, 0.25) is 0 Å². The third-order valence-corrected chi connectivity index (χ3v) is 3.94. The summed E-state index contributed by atoms with van der Waals surface area (Å²) in [4.78, 5) is 12.0. The van der Waals surface area contributed by atoms with Crippen LogP contribution in [0.3, 0.4) is 0 Å². The maximum absolute atomic E-state index is 10.5. The van der Waals surface area contributed by atoms with Gasteiger partial charge in [-0.05, 0) is 43.0 Å². The number of carbonyl (C=O) groups is 1. The average Bonchev–Trinajstić information content (AvgIpc) is 2.71. The monoisotopic (exact) mass is 222 g/mol. The molecule has 1 aromatic rings. The van der Waals surface area contributed by atoms with Crippen LogP contribution in [-0.2, 0) is 4.79 Å². The first-order valence-corrected chi connectivity index (χ1v) is 6.09. The van der Waals surface area contributed by atoms with Crippen LogP contribution in [0.4, 0.5) is 0 Å². The molecule has 15 heavy (non-hydrogen) atoms. The Morgan fingerprint density at radius 3 is 2.73 bits per heavy atom. The summed E-state index contributed by atoms with van der Waals surface area (Å²) in [5.41, 5.74) is 1.09. The van der Waals surface area contributed by atoms with Gasteiger partial charge in [-0.1, -0.05) is 11.6 Å². The number of hydrogen-bond donors (Lipinski definition) is 1. The van der Waals surface area contributed by atoms with Crippen LogP contribution < -0.4 is 0 Å². The smallest absolute Gasteiger partial charge is 0.328 e. The van der Waals surface area contributed by atoms with E-state index in [1.54, 1.807) is 0 Å². The van der Waals surface area contributed by atoms with Crippen molar-refractivity contribution >= 4 is 17.3 Å². The van der Waals surface area contributed by atoms with Gasteiger partial charge in [0, 0.05) is 11.0 Å².